The lowest BCUT2D eigenvalue weighted by atomic mass is 10.00. The molecule has 5 nitrogen and oxygen atoms in total. The molecule has 0 radical (unpaired) electrons. The fourth-order valence-corrected chi connectivity index (χ4v) is 4.15. The third-order valence-corrected chi connectivity index (χ3v) is 6.00. The van der Waals surface area contributed by atoms with Crippen molar-refractivity contribution in [1.82, 2.24) is 9.55 Å². The fraction of sp³-hybridized carbons (Fsp3) is 0.227. The molecule has 0 saturated heterocycles. The zero-order chi connectivity index (χ0) is 20.7. The van der Waals surface area contributed by atoms with E-state index in [2.05, 4.69) is 23.2 Å². The van der Waals surface area contributed by atoms with Crippen LogP contribution in [0.2, 0.25) is 5.02 Å². The van der Waals surface area contributed by atoms with Crippen LogP contribution in [0.15, 0.2) is 52.4 Å². The molecule has 0 saturated carbocycles. The van der Waals surface area contributed by atoms with E-state index in [0.29, 0.717) is 16.6 Å². The minimum atomic E-state index is -0.865. The van der Waals surface area contributed by atoms with E-state index in [1.807, 2.05) is 48.9 Å². The first-order chi connectivity index (χ1) is 13.9. The van der Waals surface area contributed by atoms with Crippen LogP contribution < -0.4 is 0 Å². The Kier molecular flexibility index (Phi) is 5.23. The number of carbonyl (C=O) groups excluding carboxylic acids is 1. The SMILES string of the molecule is CSc1ccc2c(c1)C(c1ccccc1Cl)=NC(OC(C)=O)c1nc(C)c(C)n1-2. The minimum Gasteiger partial charge on any atom is -0.432 e. The number of hydrogen-bond acceptors (Lipinski definition) is 5. The Bertz CT molecular complexity index is 1150. The summed E-state index contributed by atoms with van der Waals surface area (Å²) in [6.07, 6.45) is 1.17. The Hall–Kier alpha value is -2.57. The minimum absolute atomic E-state index is 0.419. The van der Waals surface area contributed by atoms with Crippen molar-refractivity contribution in [2.24, 2.45) is 4.99 Å². The quantitative estimate of drug-likeness (QED) is 0.423. The van der Waals surface area contributed by atoms with E-state index in [9.17, 15) is 4.79 Å². The summed E-state index contributed by atoms with van der Waals surface area (Å²) in [7, 11) is 0. The molecule has 7 heteroatoms. The first-order valence-electron chi connectivity index (χ1n) is 9.15. The highest BCUT2D eigenvalue weighted by molar-refractivity contribution is 7.98. The van der Waals surface area contributed by atoms with Crippen LogP contribution in [0.25, 0.3) is 5.69 Å². The van der Waals surface area contributed by atoms with Gasteiger partial charge < -0.3 is 4.74 Å². The number of aromatic nitrogens is 2. The molecule has 1 unspecified atom stereocenters. The van der Waals surface area contributed by atoms with Crippen LogP contribution in [0.3, 0.4) is 0 Å². The lowest BCUT2D eigenvalue weighted by Gasteiger charge is -2.15. The number of thioether (sulfide) groups is 1. The summed E-state index contributed by atoms with van der Waals surface area (Å²) in [5, 5.41) is 0.584. The van der Waals surface area contributed by atoms with Crippen molar-refractivity contribution in [3.05, 3.63) is 75.8 Å². The Morgan fingerprint density at radius 1 is 1.17 bits per heavy atom. The number of rotatable bonds is 3. The number of benzene rings is 2. The Morgan fingerprint density at radius 2 is 1.93 bits per heavy atom. The molecule has 0 fully saturated rings. The number of carbonyl (C=O) groups is 1. The number of halogens is 1. The zero-order valence-corrected chi connectivity index (χ0v) is 18.1. The summed E-state index contributed by atoms with van der Waals surface area (Å²) in [6.45, 7) is 5.32. The second-order valence-electron chi connectivity index (χ2n) is 6.78. The van der Waals surface area contributed by atoms with Crippen molar-refractivity contribution in [2.45, 2.75) is 31.9 Å². The molecule has 2 heterocycles. The van der Waals surface area contributed by atoms with Crippen molar-refractivity contribution < 1.29 is 9.53 Å². The number of imidazole rings is 1. The predicted molar refractivity (Wildman–Crippen MR) is 116 cm³/mol. The summed E-state index contributed by atoms with van der Waals surface area (Å²) in [5.41, 5.74) is 5.16. The first kappa shape index (κ1) is 19.7. The molecule has 0 N–H and O–H groups in total. The molecule has 3 aromatic rings. The summed E-state index contributed by atoms with van der Waals surface area (Å²) < 4.78 is 7.61. The number of esters is 1. The first-order valence-corrected chi connectivity index (χ1v) is 10.8. The maximum Gasteiger partial charge on any atom is 0.304 e. The highest BCUT2D eigenvalue weighted by Gasteiger charge is 2.30. The molecule has 2 aromatic carbocycles. The number of ether oxygens (including phenoxy) is 1. The van der Waals surface area contributed by atoms with Gasteiger partial charge in [-0.15, -0.1) is 11.8 Å². The van der Waals surface area contributed by atoms with Crippen LogP contribution in [0.1, 0.15) is 41.5 Å². The van der Waals surface area contributed by atoms with Gasteiger partial charge in [0.2, 0.25) is 0 Å². The van der Waals surface area contributed by atoms with Crippen molar-refractivity contribution >= 4 is 35.0 Å². The van der Waals surface area contributed by atoms with Gasteiger partial charge >= 0.3 is 5.97 Å². The number of aryl methyl sites for hydroxylation is 1. The highest BCUT2D eigenvalue weighted by atomic mass is 35.5. The van der Waals surface area contributed by atoms with Gasteiger partial charge in [-0.3, -0.25) is 9.36 Å². The van der Waals surface area contributed by atoms with Gasteiger partial charge in [0.25, 0.3) is 6.23 Å². The number of hydrogen-bond donors (Lipinski definition) is 0. The molecule has 0 bridgehead atoms. The summed E-state index contributed by atoms with van der Waals surface area (Å²) in [6, 6.07) is 13.8. The number of aliphatic imine (C=N–C) groups is 1. The van der Waals surface area contributed by atoms with Gasteiger partial charge in [-0.1, -0.05) is 29.8 Å². The molecular formula is C22H20ClN3O2S. The van der Waals surface area contributed by atoms with Crippen molar-refractivity contribution in [1.29, 1.82) is 0 Å². The molecule has 1 atom stereocenters. The van der Waals surface area contributed by atoms with Gasteiger partial charge in [0.05, 0.1) is 17.1 Å². The van der Waals surface area contributed by atoms with Crippen LogP contribution in [0.5, 0.6) is 0 Å². The fourth-order valence-electron chi connectivity index (χ4n) is 3.48. The third-order valence-electron chi connectivity index (χ3n) is 4.94. The number of fused-ring (bicyclic) bond motifs is 3. The molecule has 148 valence electrons. The van der Waals surface area contributed by atoms with Crippen LogP contribution in [-0.2, 0) is 9.53 Å². The Morgan fingerprint density at radius 3 is 2.62 bits per heavy atom. The topological polar surface area (TPSA) is 56.5 Å². The van der Waals surface area contributed by atoms with Gasteiger partial charge in [-0.2, -0.15) is 0 Å². The molecule has 4 rings (SSSR count). The number of nitrogens with zero attached hydrogens (tertiary/aromatic N) is 3. The smallest absolute Gasteiger partial charge is 0.304 e. The van der Waals surface area contributed by atoms with Crippen molar-refractivity contribution in [3.63, 3.8) is 0 Å². The molecule has 0 aliphatic carbocycles. The second-order valence-corrected chi connectivity index (χ2v) is 8.07. The molecule has 0 spiro atoms. The highest BCUT2D eigenvalue weighted by Crippen LogP contribution is 2.36. The van der Waals surface area contributed by atoms with E-state index in [0.717, 1.165) is 33.1 Å². The molecule has 0 amide bonds. The largest absolute Gasteiger partial charge is 0.432 e. The van der Waals surface area contributed by atoms with Gasteiger partial charge in [-0.25, -0.2) is 9.98 Å². The van der Waals surface area contributed by atoms with E-state index in [1.54, 1.807) is 11.8 Å². The summed E-state index contributed by atoms with van der Waals surface area (Å²) >= 11 is 8.18. The lowest BCUT2D eigenvalue weighted by Crippen LogP contribution is -2.12. The molecular weight excluding hydrogens is 406 g/mol. The Balaban J connectivity index is 2.08. The standard InChI is InChI=1S/C22H20ClN3O2S/c1-12-13(2)26-19-10-9-15(29-4)11-17(19)20(16-7-5-6-8-18(16)23)25-22(21(26)24-12)28-14(3)27/h5-11,22H,1-4H3. The maximum absolute atomic E-state index is 11.9. The normalized spacial score (nSPS) is 15.2. The average Bonchev–Trinajstić information content (AvgIpc) is 2.92. The van der Waals surface area contributed by atoms with Crippen LogP contribution in [0, 0.1) is 13.8 Å². The van der Waals surface area contributed by atoms with Crippen LogP contribution >= 0.6 is 23.4 Å². The summed E-state index contributed by atoms with van der Waals surface area (Å²) in [5.74, 6) is 0.160. The predicted octanol–water partition coefficient (Wildman–Crippen LogP) is 5.28. The lowest BCUT2D eigenvalue weighted by molar-refractivity contribution is -0.146. The molecule has 1 aliphatic rings. The van der Waals surface area contributed by atoms with Crippen LogP contribution in [0.4, 0.5) is 0 Å². The monoisotopic (exact) mass is 425 g/mol. The molecule has 29 heavy (non-hydrogen) atoms. The van der Waals surface area contributed by atoms with Crippen molar-refractivity contribution in [3.8, 4) is 5.69 Å². The third kappa shape index (κ3) is 3.47. The van der Waals surface area contributed by atoms with Gasteiger partial charge in [-0.05, 0) is 44.4 Å². The van der Waals surface area contributed by atoms with Crippen molar-refractivity contribution in [2.75, 3.05) is 6.26 Å². The van der Waals surface area contributed by atoms with Gasteiger partial charge in [0.1, 0.15) is 0 Å². The summed E-state index contributed by atoms with van der Waals surface area (Å²) in [4.78, 5) is 22.5. The molecule has 1 aromatic heterocycles. The van der Waals surface area contributed by atoms with E-state index in [1.165, 1.54) is 6.92 Å². The van der Waals surface area contributed by atoms with E-state index < -0.39 is 12.2 Å². The second kappa shape index (κ2) is 7.69. The van der Waals surface area contributed by atoms with Gasteiger partial charge in [0.15, 0.2) is 5.82 Å². The zero-order valence-electron chi connectivity index (χ0n) is 16.6. The van der Waals surface area contributed by atoms with E-state index >= 15 is 0 Å². The maximum atomic E-state index is 11.9. The Labute approximate surface area is 178 Å². The average molecular weight is 426 g/mol. The van der Waals surface area contributed by atoms with Crippen LogP contribution in [-0.4, -0.2) is 27.5 Å². The molecule has 1 aliphatic heterocycles. The van der Waals surface area contributed by atoms with E-state index in [4.69, 9.17) is 21.3 Å². The van der Waals surface area contributed by atoms with Gasteiger partial charge in [0, 0.05) is 33.7 Å². The van der Waals surface area contributed by atoms with E-state index in [-0.39, 0.29) is 0 Å².